The number of fused-ring (bicyclic) bond motifs is 1. The van der Waals surface area contributed by atoms with Crippen molar-refractivity contribution in [1.29, 1.82) is 0 Å². The maximum Gasteiger partial charge on any atom is 0.335 e. The molecule has 32 heavy (non-hydrogen) atoms. The lowest BCUT2D eigenvalue weighted by Crippen LogP contribution is -2.61. The average molecular weight is 459 g/mol. The highest BCUT2D eigenvalue weighted by Crippen LogP contribution is 2.35. The van der Waals surface area contributed by atoms with Crippen molar-refractivity contribution < 1.29 is 54.1 Å². The zero-order valence-electron chi connectivity index (χ0n) is 23.7. The molecule has 1 saturated heterocycles. The first-order chi connectivity index (χ1) is 18.0. The SMILES string of the molecule is [2H]C([2H])([2H])C([2H])(NCC(O)COc1ccc(O[C@@H]2O[C@H](C(=O)O)[C@@H](O)[C@H](O)[C@H]2O)c2ccccc12)C([2H])([2H])[2H]. The summed E-state index contributed by atoms with van der Waals surface area (Å²) in [4.78, 5) is 11.4. The number of aliphatic hydroxyl groups excluding tert-OH is 4. The number of rotatable bonds is 9. The second-order valence-electron chi connectivity index (χ2n) is 7.18. The molecule has 0 spiro atoms. The molecule has 10 heteroatoms. The van der Waals surface area contributed by atoms with Crippen LogP contribution in [0, 0.1) is 0 Å². The van der Waals surface area contributed by atoms with E-state index in [1.54, 1.807) is 24.3 Å². The van der Waals surface area contributed by atoms with Crippen molar-refractivity contribution >= 4 is 16.7 Å². The fourth-order valence-electron chi connectivity index (χ4n) is 3.21. The summed E-state index contributed by atoms with van der Waals surface area (Å²) in [5.41, 5.74) is 0. The first-order valence-corrected chi connectivity index (χ1v) is 9.64. The summed E-state index contributed by atoms with van der Waals surface area (Å²) < 4.78 is 68.8. The molecule has 0 amide bonds. The standard InChI is InChI=1S/C22H29NO9/c1-11(2)23-9-12(24)10-30-15-7-8-16(14-6-4-3-5-13(14)15)31-22-19(27)17(25)18(26)20(32-22)21(28)29/h3-8,11-12,17-20,22-27H,9-10H2,1-2H3,(H,28,29)/t12?,17-,18-,19+,20-,22+/m0/s1/i1D3,2D3,11D. The number of nitrogens with one attached hydrogen (secondary N) is 1. The highest BCUT2D eigenvalue weighted by molar-refractivity contribution is 5.93. The van der Waals surface area contributed by atoms with Crippen LogP contribution in [0.15, 0.2) is 36.4 Å². The van der Waals surface area contributed by atoms with Crippen LogP contribution in [0.25, 0.3) is 10.8 Å². The van der Waals surface area contributed by atoms with Gasteiger partial charge in [-0.1, -0.05) is 38.0 Å². The van der Waals surface area contributed by atoms with Gasteiger partial charge >= 0.3 is 5.97 Å². The van der Waals surface area contributed by atoms with Gasteiger partial charge < -0.3 is 45.1 Å². The van der Waals surface area contributed by atoms with E-state index < -0.39 is 75.7 Å². The number of carboxylic acid groups (broad SMARTS) is 1. The third-order valence-corrected chi connectivity index (χ3v) is 4.85. The van der Waals surface area contributed by atoms with E-state index in [-0.39, 0.29) is 11.5 Å². The molecule has 0 radical (unpaired) electrons. The van der Waals surface area contributed by atoms with Gasteiger partial charge in [-0.15, -0.1) is 0 Å². The van der Waals surface area contributed by atoms with E-state index in [0.717, 1.165) is 0 Å². The van der Waals surface area contributed by atoms with Crippen molar-refractivity contribution in [2.75, 3.05) is 13.2 Å². The molecule has 10 nitrogen and oxygen atoms in total. The number of benzene rings is 2. The fraction of sp³-hybridized carbons (Fsp3) is 0.500. The van der Waals surface area contributed by atoms with E-state index in [1.165, 1.54) is 12.1 Å². The van der Waals surface area contributed by atoms with Gasteiger partial charge in [0.1, 0.15) is 42.5 Å². The summed E-state index contributed by atoms with van der Waals surface area (Å²) in [6, 6.07) is 6.33. The zero-order chi connectivity index (χ0) is 29.3. The molecule has 0 aliphatic carbocycles. The Kier molecular flexibility index (Phi) is 5.28. The predicted octanol–water partition coefficient (Wildman–Crippen LogP) is -0.151. The van der Waals surface area contributed by atoms with Crippen LogP contribution >= 0.6 is 0 Å². The highest BCUT2D eigenvalue weighted by atomic mass is 16.7. The Morgan fingerprint density at radius 1 is 1.12 bits per heavy atom. The van der Waals surface area contributed by atoms with E-state index >= 15 is 0 Å². The summed E-state index contributed by atoms with van der Waals surface area (Å²) in [6.07, 6.45) is -10.4. The normalized spacial score (nSPS) is 31.1. The average Bonchev–Trinajstić information content (AvgIpc) is 2.85. The maximum absolute atomic E-state index is 11.4. The van der Waals surface area contributed by atoms with Crippen molar-refractivity contribution in [3.05, 3.63) is 36.4 Å². The van der Waals surface area contributed by atoms with E-state index in [0.29, 0.717) is 10.8 Å². The van der Waals surface area contributed by atoms with E-state index in [2.05, 4.69) is 5.32 Å². The van der Waals surface area contributed by atoms with Crippen LogP contribution < -0.4 is 14.8 Å². The minimum absolute atomic E-state index is 0.103. The van der Waals surface area contributed by atoms with Gasteiger partial charge in [0.25, 0.3) is 0 Å². The van der Waals surface area contributed by atoms with Crippen molar-refractivity contribution in [1.82, 2.24) is 5.32 Å². The summed E-state index contributed by atoms with van der Waals surface area (Å²) in [5.74, 6) is -1.24. The highest BCUT2D eigenvalue weighted by Gasteiger charge is 2.48. The van der Waals surface area contributed by atoms with Gasteiger partial charge in [0.2, 0.25) is 6.29 Å². The molecule has 3 rings (SSSR count). The Labute approximate surface area is 194 Å². The predicted molar refractivity (Wildman–Crippen MR) is 114 cm³/mol. The van der Waals surface area contributed by atoms with Crippen LogP contribution in [0.3, 0.4) is 0 Å². The molecule has 2 aromatic carbocycles. The molecule has 6 atom stereocenters. The molecular weight excluding hydrogens is 422 g/mol. The molecule has 0 aromatic heterocycles. The van der Waals surface area contributed by atoms with Crippen LogP contribution in [0.5, 0.6) is 11.5 Å². The molecule has 1 aliphatic heterocycles. The quantitative estimate of drug-likeness (QED) is 0.298. The number of hydrogen-bond donors (Lipinski definition) is 6. The Morgan fingerprint density at radius 2 is 1.78 bits per heavy atom. The van der Waals surface area contributed by atoms with Gasteiger partial charge in [0.15, 0.2) is 6.10 Å². The first-order valence-electron chi connectivity index (χ1n) is 13.1. The zero-order valence-corrected chi connectivity index (χ0v) is 16.7. The Balaban J connectivity index is 1.74. The number of carboxylic acids is 1. The molecule has 0 bridgehead atoms. The minimum atomic E-state index is -3.21. The van der Waals surface area contributed by atoms with Crippen LogP contribution in [-0.4, -0.2) is 87.5 Å². The van der Waals surface area contributed by atoms with Crippen LogP contribution in [0.1, 0.15) is 23.3 Å². The summed E-state index contributed by atoms with van der Waals surface area (Å²) in [5, 5.41) is 52.6. The summed E-state index contributed by atoms with van der Waals surface area (Å²) in [7, 11) is 0. The largest absolute Gasteiger partial charge is 0.490 e. The van der Waals surface area contributed by atoms with E-state index in [9.17, 15) is 30.3 Å². The maximum atomic E-state index is 11.4. The summed E-state index contributed by atoms with van der Waals surface area (Å²) in [6.45, 7) is -7.41. The smallest absolute Gasteiger partial charge is 0.335 e. The van der Waals surface area contributed by atoms with Gasteiger partial charge in [-0.25, -0.2) is 4.79 Å². The molecule has 1 fully saturated rings. The van der Waals surface area contributed by atoms with Gasteiger partial charge in [-0.05, 0) is 12.1 Å². The Morgan fingerprint density at radius 3 is 2.44 bits per heavy atom. The molecule has 1 unspecified atom stereocenters. The molecule has 2 aromatic rings. The fourth-order valence-corrected chi connectivity index (χ4v) is 3.21. The molecular formula is C22H29NO9. The number of ether oxygens (including phenoxy) is 3. The van der Waals surface area contributed by atoms with Crippen LogP contribution in [-0.2, 0) is 9.53 Å². The van der Waals surface area contributed by atoms with Crippen molar-refractivity contribution in [3.63, 3.8) is 0 Å². The van der Waals surface area contributed by atoms with Crippen molar-refractivity contribution in [2.24, 2.45) is 0 Å². The minimum Gasteiger partial charge on any atom is -0.490 e. The van der Waals surface area contributed by atoms with E-state index in [1.807, 2.05) is 0 Å². The van der Waals surface area contributed by atoms with Gasteiger partial charge in [0, 0.05) is 32.9 Å². The van der Waals surface area contributed by atoms with Crippen molar-refractivity contribution in [3.8, 4) is 11.5 Å². The molecule has 1 heterocycles. The van der Waals surface area contributed by atoms with Gasteiger partial charge in [-0.3, -0.25) is 0 Å². The monoisotopic (exact) mass is 458 g/mol. The number of aliphatic carboxylic acids is 1. The van der Waals surface area contributed by atoms with E-state index in [4.69, 9.17) is 23.8 Å². The first kappa shape index (κ1) is 16.2. The lowest BCUT2D eigenvalue weighted by Gasteiger charge is -2.38. The lowest BCUT2D eigenvalue weighted by atomic mass is 9.99. The molecule has 176 valence electrons. The number of carbonyl (C=O) groups is 1. The van der Waals surface area contributed by atoms with Gasteiger partial charge in [-0.2, -0.15) is 0 Å². The van der Waals surface area contributed by atoms with Crippen LogP contribution in [0.2, 0.25) is 0 Å². The molecule has 0 saturated carbocycles. The van der Waals surface area contributed by atoms with Crippen LogP contribution in [0.4, 0.5) is 0 Å². The lowest BCUT2D eigenvalue weighted by molar-refractivity contribution is -0.270. The third kappa shape index (κ3) is 5.47. The van der Waals surface area contributed by atoms with Gasteiger partial charge in [0.05, 0.1) is 0 Å². The van der Waals surface area contributed by atoms with Crippen molar-refractivity contribution in [2.45, 2.75) is 56.5 Å². The molecule has 1 aliphatic rings. The Hall–Kier alpha value is -2.47. The Bertz CT molecular complexity index is 1150. The topological polar surface area (TPSA) is 158 Å². The second kappa shape index (κ2) is 10.4. The molecule has 6 N–H and O–H groups in total. The number of hydrogen-bond acceptors (Lipinski definition) is 9. The second-order valence-corrected chi connectivity index (χ2v) is 7.18. The summed E-state index contributed by atoms with van der Waals surface area (Å²) >= 11 is 0. The third-order valence-electron chi connectivity index (χ3n) is 4.85. The number of aliphatic hydroxyl groups is 4.